The van der Waals surface area contributed by atoms with Crippen LogP contribution < -0.4 is 5.32 Å². The zero-order valence-corrected chi connectivity index (χ0v) is 7.03. The maximum absolute atomic E-state index is 10.5. The van der Waals surface area contributed by atoms with Crippen LogP contribution in [0.25, 0.3) is 0 Å². The summed E-state index contributed by atoms with van der Waals surface area (Å²) in [6.07, 6.45) is 0. The summed E-state index contributed by atoms with van der Waals surface area (Å²) in [5.74, 6) is -0.915. The summed E-state index contributed by atoms with van der Waals surface area (Å²) in [5.41, 5.74) is 0.562. The highest BCUT2D eigenvalue weighted by molar-refractivity contribution is 7.17. The van der Waals surface area contributed by atoms with Gasteiger partial charge in [0.15, 0.2) is 5.13 Å². The lowest BCUT2D eigenvalue weighted by molar-refractivity contribution is 0.0701. The summed E-state index contributed by atoms with van der Waals surface area (Å²) < 4.78 is 0. The Bertz CT molecular complexity index is 282. The van der Waals surface area contributed by atoms with Crippen molar-refractivity contribution in [1.29, 1.82) is 0 Å². The summed E-state index contributed by atoms with van der Waals surface area (Å²) in [7, 11) is 1.71. The highest BCUT2D eigenvalue weighted by Gasteiger charge is 2.12. The molecule has 2 N–H and O–H groups in total. The molecule has 0 saturated carbocycles. The molecule has 5 heteroatoms. The third-order valence-corrected chi connectivity index (χ3v) is 2.37. The molecule has 0 aromatic carbocycles. The number of carboxylic acid groups (broad SMARTS) is 1. The van der Waals surface area contributed by atoms with E-state index in [9.17, 15) is 4.79 Å². The lowest BCUT2D eigenvalue weighted by atomic mass is 10.4. The summed E-state index contributed by atoms with van der Waals surface area (Å²) in [4.78, 5) is 14.8. The number of aromatic nitrogens is 1. The second-order valence-electron chi connectivity index (χ2n) is 1.99. The number of aromatic carboxylic acids is 1. The van der Waals surface area contributed by atoms with E-state index in [1.165, 1.54) is 0 Å². The van der Waals surface area contributed by atoms with Gasteiger partial charge < -0.3 is 10.4 Å². The molecule has 1 heterocycles. The van der Waals surface area contributed by atoms with Gasteiger partial charge in [0.25, 0.3) is 0 Å². The quantitative estimate of drug-likeness (QED) is 0.703. The van der Waals surface area contributed by atoms with Crippen LogP contribution >= 0.6 is 11.3 Å². The number of rotatable bonds is 2. The van der Waals surface area contributed by atoms with Crippen LogP contribution in [0.4, 0.5) is 5.13 Å². The van der Waals surface area contributed by atoms with Crippen LogP contribution in [0.1, 0.15) is 15.4 Å². The monoisotopic (exact) mass is 172 g/mol. The molecule has 0 fully saturated rings. The number of nitrogens with zero attached hydrogens (tertiary/aromatic N) is 1. The highest BCUT2D eigenvalue weighted by atomic mass is 32.1. The van der Waals surface area contributed by atoms with Gasteiger partial charge in [-0.1, -0.05) is 11.3 Å². The molecule has 0 aliphatic rings. The molecule has 4 nitrogen and oxygen atoms in total. The molecule has 0 aliphatic carbocycles. The first-order chi connectivity index (χ1) is 5.15. The average molecular weight is 172 g/mol. The molecule has 0 amide bonds. The Kier molecular flexibility index (Phi) is 2.09. The van der Waals surface area contributed by atoms with Crippen LogP contribution in [0.3, 0.4) is 0 Å². The topological polar surface area (TPSA) is 62.2 Å². The summed E-state index contributed by atoms with van der Waals surface area (Å²) in [6.45, 7) is 1.68. The van der Waals surface area contributed by atoms with Crippen LogP contribution in [0.15, 0.2) is 0 Å². The van der Waals surface area contributed by atoms with Crippen molar-refractivity contribution in [2.45, 2.75) is 6.92 Å². The van der Waals surface area contributed by atoms with E-state index in [1.54, 1.807) is 14.0 Å². The van der Waals surface area contributed by atoms with Crippen LogP contribution in [-0.2, 0) is 0 Å². The van der Waals surface area contributed by atoms with Crippen molar-refractivity contribution >= 4 is 22.4 Å². The predicted octanol–water partition coefficient (Wildman–Crippen LogP) is 1.19. The van der Waals surface area contributed by atoms with Gasteiger partial charge in [0.05, 0.1) is 5.69 Å². The standard InChI is InChI=1S/C6H8N2O2S/c1-3-4(5(9)10)11-6(7-2)8-3/h1-2H3,(H,7,8)(H,9,10). The maximum Gasteiger partial charge on any atom is 0.347 e. The molecule has 1 aromatic rings. The lowest BCUT2D eigenvalue weighted by Crippen LogP contribution is -1.94. The van der Waals surface area contributed by atoms with E-state index in [4.69, 9.17) is 5.11 Å². The zero-order valence-electron chi connectivity index (χ0n) is 6.21. The average Bonchev–Trinajstić information content (AvgIpc) is 2.30. The minimum absolute atomic E-state index is 0.300. The number of nitrogens with one attached hydrogen (secondary N) is 1. The molecule has 0 atom stereocenters. The van der Waals surface area contributed by atoms with Gasteiger partial charge in [-0.25, -0.2) is 9.78 Å². The van der Waals surface area contributed by atoms with Gasteiger partial charge in [0.1, 0.15) is 4.88 Å². The molecule has 0 saturated heterocycles. The van der Waals surface area contributed by atoms with E-state index >= 15 is 0 Å². The molecule has 0 unspecified atom stereocenters. The number of anilines is 1. The molecule has 60 valence electrons. The fourth-order valence-electron chi connectivity index (χ4n) is 0.702. The van der Waals surface area contributed by atoms with Crippen LogP contribution in [-0.4, -0.2) is 23.1 Å². The number of hydrogen-bond donors (Lipinski definition) is 2. The number of thiazole rings is 1. The first kappa shape index (κ1) is 8.00. The Morgan fingerprint density at radius 2 is 2.36 bits per heavy atom. The Hall–Kier alpha value is -1.10. The van der Waals surface area contributed by atoms with Gasteiger partial charge in [0.2, 0.25) is 0 Å². The zero-order chi connectivity index (χ0) is 8.43. The number of hydrogen-bond acceptors (Lipinski definition) is 4. The van der Waals surface area contributed by atoms with Gasteiger partial charge in [0, 0.05) is 7.05 Å². The van der Waals surface area contributed by atoms with E-state index in [-0.39, 0.29) is 0 Å². The first-order valence-corrected chi connectivity index (χ1v) is 3.85. The van der Waals surface area contributed by atoms with Crippen molar-refractivity contribution < 1.29 is 9.90 Å². The molecule has 0 bridgehead atoms. The van der Waals surface area contributed by atoms with Crippen LogP contribution in [0.5, 0.6) is 0 Å². The van der Waals surface area contributed by atoms with Gasteiger partial charge in [-0.3, -0.25) is 0 Å². The maximum atomic E-state index is 10.5. The van der Waals surface area contributed by atoms with Crippen molar-refractivity contribution in [1.82, 2.24) is 4.98 Å². The molecule has 0 aliphatic heterocycles. The van der Waals surface area contributed by atoms with E-state index in [2.05, 4.69) is 10.3 Å². The summed E-state index contributed by atoms with van der Waals surface area (Å²) in [5, 5.41) is 12.0. The second-order valence-corrected chi connectivity index (χ2v) is 2.99. The van der Waals surface area contributed by atoms with Gasteiger partial charge in [-0.2, -0.15) is 0 Å². The van der Waals surface area contributed by atoms with Crippen molar-refractivity contribution in [3.63, 3.8) is 0 Å². The van der Waals surface area contributed by atoms with E-state index in [1.807, 2.05) is 0 Å². The SMILES string of the molecule is CNc1nc(C)c(C(=O)O)s1. The Labute approximate surface area is 67.9 Å². The molecular formula is C6H8N2O2S. The summed E-state index contributed by atoms with van der Waals surface area (Å²) >= 11 is 1.15. The third-order valence-electron chi connectivity index (χ3n) is 1.20. The number of aryl methyl sites for hydroxylation is 1. The van der Waals surface area contributed by atoms with Crippen molar-refractivity contribution in [3.8, 4) is 0 Å². The number of carbonyl (C=O) groups is 1. The summed E-state index contributed by atoms with van der Waals surface area (Å²) in [6, 6.07) is 0. The minimum Gasteiger partial charge on any atom is -0.477 e. The van der Waals surface area contributed by atoms with Gasteiger partial charge in [-0.15, -0.1) is 0 Å². The molecule has 0 radical (unpaired) electrons. The molecule has 0 spiro atoms. The fraction of sp³-hybridized carbons (Fsp3) is 0.333. The normalized spacial score (nSPS) is 9.64. The third kappa shape index (κ3) is 1.48. The van der Waals surface area contributed by atoms with E-state index in [0.717, 1.165) is 11.3 Å². The smallest absolute Gasteiger partial charge is 0.347 e. The van der Waals surface area contributed by atoms with Crippen LogP contribution in [0, 0.1) is 6.92 Å². The van der Waals surface area contributed by atoms with Crippen molar-refractivity contribution in [3.05, 3.63) is 10.6 Å². The fourth-order valence-corrected chi connectivity index (χ4v) is 1.46. The van der Waals surface area contributed by atoms with Crippen molar-refractivity contribution in [2.75, 3.05) is 12.4 Å². The second kappa shape index (κ2) is 2.87. The van der Waals surface area contributed by atoms with Crippen LogP contribution in [0.2, 0.25) is 0 Å². The highest BCUT2D eigenvalue weighted by Crippen LogP contribution is 2.21. The Morgan fingerprint density at radius 1 is 1.73 bits per heavy atom. The molecule has 1 rings (SSSR count). The lowest BCUT2D eigenvalue weighted by Gasteiger charge is -1.85. The molecular weight excluding hydrogens is 164 g/mol. The largest absolute Gasteiger partial charge is 0.477 e. The first-order valence-electron chi connectivity index (χ1n) is 3.03. The number of carboxylic acids is 1. The minimum atomic E-state index is -0.915. The van der Waals surface area contributed by atoms with Gasteiger partial charge >= 0.3 is 5.97 Å². The molecule has 1 aromatic heterocycles. The Morgan fingerprint density at radius 3 is 2.64 bits per heavy atom. The van der Waals surface area contributed by atoms with E-state index in [0.29, 0.717) is 15.7 Å². The predicted molar refractivity (Wildman–Crippen MR) is 43.4 cm³/mol. The van der Waals surface area contributed by atoms with Gasteiger partial charge in [-0.05, 0) is 6.92 Å². The molecule has 11 heavy (non-hydrogen) atoms. The van der Waals surface area contributed by atoms with E-state index < -0.39 is 5.97 Å². The Balaban J connectivity index is 3.07. The van der Waals surface area contributed by atoms with Crippen molar-refractivity contribution in [2.24, 2.45) is 0 Å².